The Labute approximate surface area is 148 Å². The van der Waals surface area contributed by atoms with Gasteiger partial charge in [-0.05, 0) is 45.7 Å². The number of hydrogen-bond acceptors (Lipinski definition) is 6. The van der Waals surface area contributed by atoms with Gasteiger partial charge in [0.25, 0.3) is 0 Å². The summed E-state index contributed by atoms with van der Waals surface area (Å²) in [6.45, 7) is 8.73. The molecule has 1 aliphatic rings. The molecule has 25 heavy (non-hydrogen) atoms. The molecule has 0 bridgehead atoms. The Kier molecular flexibility index (Phi) is 6.22. The Hall–Kier alpha value is -2.31. The van der Waals surface area contributed by atoms with Crippen LogP contribution in [0, 0.1) is 0 Å². The molecule has 1 aromatic rings. The molecule has 1 N–H and O–H groups in total. The normalized spacial score (nSPS) is 17.8. The van der Waals surface area contributed by atoms with E-state index in [1.165, 1.54) is 6.92 Å². The molecule has 1 aromatic heterocycles. The molecule has 1 atom stereocenters. The summed E-state index contributed by atoms with van der Waals surface area (Å²) in [6.07, 6.45) is 3.30. The average molecular weight is 349 g/mol. The first-order valence-electron chi connectivity index (χ1n) is 8.56. The van der Waals surface area contributed by atoms with Gasteiger partial charge < -0.3 is 19.7 Å². The number of ether oxygens (including phenoxy) is 2. The monoisotopic (exact) mass is 349 g/mol. The second-order valence-electron chi connectivity index (χ2n) is 7.22. The van der Waals surface area contributed by atoms with Crippen LogP contribution in [-0.4, -0.2) is 41.8 Å². The molecule has 2 heterocycles. The van der Waals surface area contributed by atoms with Gasteiger partial charge >= 0.3 is 12.1 Å². The van der Waals surface area contributed by atoms with Crippen molar-refractivity contribution in [2.45, 2.75) is 58.8 Å². The zero-order chi connectivity index (χ0) is 18.4. The Morgan fingerprint density at radius 3 is 2.72 bits per heavy atom. The Morgan fingerprint density at radius 2 is 2.12 bits per heavy atom. The van der Waals surface area contributed by atoms with Crippen LogP contribution in [0.5, 0.6) is 0 Å². The number of aromatic nitrogens is 1. The maximum atomic E-state index is 11.9. The quantitative estimate of drug-likeness (QED) is 0.842. The standard InChI is InChI=1S/C18H27N3O4/c1-13(22)24-12-15-7-8-16(10-19-15)21-9-5-6-14(11-21)20-17(23)25-18(2,3)4/h7-8,10,14H,5-6,9,11-12H2,1-4H3,(H,20,23)/t14-/m0/s1. The van der Waals surface area contributed by atoms with Gasteiger partial charge in [0.1, 0.15) is 12.2 Å². The van der Waals surface area contributed by atoms with E-state index in [0.717, 1.165) is 25.1 Å². The fraction of sp³-hybridized carbons (Fsp3) is 0.611. The zero-order valence-corrected chi connectivity index (χ0v) is 15.4. The number of pyridine rings is 1. The number of carbonyl (C=O) groups is 2. The van der Waals surface area contributed by atoms with E-state index in [0.29, 0.717) is 12.2 Å². The molecule has 0 aliphatic carbocycles. The topological polar surface area (TPSA) is 80.8 Å². The van der Waals surface area contributed by atoms with E-state index in [2.05, 4.69) is 15.2 Å². The van der Waals surface area contributed by atoms with Crippen molar-refractivity contribution in [3.63, 3.8) is 0 Å². The molecule has 138 valence electrons. The number of carbonyl (C=O) groups excluding carboxylic acids is 2. The number of amides is 1. The van der Waals surface area contributed by atoms with Crippen LogP contribution in [0.1, 0.15) is 46.2 Å². The summed E-state index contributed by atoms with van der Waals surface area (Å²) < 4.78 is 10.3. The Bertz CT molecular complexity index is 595. The van der Waals surface area contributed by atoms with Crippen LogP contribution >= 0.6 is 0 Å². The average Bonchev–Trinajstić information content (AvgIpc) is 2.52. The molecule has 1 fully saturated rings. The van der Waals surface area contributed by atoms with Crippen molar-refractivity contribution in [3.8, 4) is 0 Å². The molecule has 0 unspecified atom stereocenters. The number of hydrogen-bond donors (Lipinski definition) is 1. The number of anilines is 1. The van der Waals surface area contributed by atoms with Crippen molar-refractivity contribution in [3.05, 3.63) is 24.0 Å². The van der Waals surface area contributed by atoms with Crippen LogP contribution in [-0.2, 0) is 20.9 Å². The number of nitrogens with zero attached hydrogens (tertiary/aromatic N) is 2. The second kappa shape index (κ2) is 8.18. The SMILES string of the molecule is CC(=O)OCc1ccc(N2CCC[C@H](NC(=O)OC(C)(C)C)C2)cn1. The van der Waals surface area contributed by atoms with Gasteiger partial charge in [0, 0.05) is 26.1 Å². The van der Waals surface area contributed by atoms with Crippen molar-refractivity contribution < 1.29 is 19.1 Å². The third kappa shape index (κ3) is 6.60. The van der Waals surface area contributed by atoms with Gasteiger partial charge in [-0.3, -0.25) is 9.78 Å². The predicted octanol–water partition coefficient (Wildman–Crippen LogP) is 2.64. The van der Waals surface area contributed by atoms with Crippen LogP contribution in [0.15, 0.2) is 18.3 Å². The molecule has 7 nitrogen and oxygen atoms in total. The molecular formula is C18H27N3O4. The minimum Gasteiger partial charge on any atom is -0.459 e. The third-order valence-electron chi connectivity index (χ3n) is 3.74. The van der Waals surface area contributed by atoms with Crippen molar-refractivity contribution in [2.75, 3.05) is 18.0 Å². The molecule has 0 spiro atoms. The summed E-state index contributed by atoms with van der Waals surface area (Å²) in [5.74, 6) is -0.321. The van der Waals surface area contributed by atoms with Gasteiger partial charge in [-0.2, -0.15) is 0 Å². The highest BCUT2D eigenvalue weighted by Gasteiger charge is 2.24. The van der Waals surface area contributed by atoms with Crippen molar-refractivity contribution in [2.24, 2.45) is 0 Å². The Balaban J connectivity index is 1.89. The summed E-state index contributed by atoms with van der Waals surface area (Å²) in [5.41, 5.74) is 1.20. The van der Waals surface area contributed by atoms with Gasteiger partial charge in [-0.1, -0.05) is 0 Å². The van der Waals surface area contributed by atoms with E-state index >= 15 is 0 Å². The highest BCUT2D eigenvalue weighted by atomic mass is 16.6. The smallest absolute Gasteiger partial charge is 0.407 e. The molecule has 0 saturated carbocycles. The predicted molar refractivity (Wildman–Crippen MR) is 94.3 cm³/mol. The maximum Gasteiger partial charge on any atom is 0.407 e. The minimum atomic E-state index is -0.500. The lowest BCUT2D eigenvalue weighted by Gasteiger charge is -2.35. The molecule has 2 rings (SSSR count). The van der Waals surface area contributed by atoms with Gasteiger partial charge in [0.15, 0.2) is 0 Å². The number of alkyl carbamates (subject to hydrolysis) is 1. The van der Waals surface area contributed by atoms with Crippen molar-refractivity contribution in [1.29, 1.82) is 0 Å². The maximum absolute atomic E-state index is 11.9. The summed E-state index contributed by atoms with van der Waals surface area (Å²) in [6, 6.07) is 3.86. The Morgan fingerprint density at radius 1 is 1.36 bits per heavy atom. The van der Waals surface area contributed by atoms with Crippen LogP contribution in [0.25, 0.3) is 0 Å². The highest BCUT2D eigenvalue weighted by Crippen LogP contribution is 2.20. The molecule has 1 saturated heterocycles. The van der Waals surface area contributed by atoms with Gasteiger partial charge in [-0.25, -0.2) is 4.79 Å². The molecule has 0 radical (unpaired) electrons. The van der Waals surface area contributed by atoms with E-state index < -0.39 is 5.60 Å². The van der Waals surface area contributed by atoms with Gasteiger partial charge in [-0.15, -0.1) is 0 Å². The molecule has 0 aromatic carbocycles. The summed E-state index contributed by atoms with van der Waals surface area (Å²) >= 11 is 0. The van der Waals surface area contributed by atoms with Crippen molar-refractivity contribution in [1.82, 2.24) is 10.3 Å². The van der Waals surface area contributed by atoms with Crippen LogP contribution < -0.4 is 10.2 Å². The first kappa shape index (κ1) is 19.0. The van der Waals surface area contributed by atoms with Gasteiger partial charge in [0.2, 0.25) is 0 Å². The van der Waals surface area contributed by atoms with E-state index in [4.69, 9.17) is 9.47 Å². The third-order valence-corrected chi connectivity index (χ3v) is 3.74. The lowest BCUT2D eigenvalue weighted by molar-refractivity contribution is -0.142. The minimum absolute atomic E-state index is 0.0457. The zero-order valence-electron chi connectivity index (χ0n) is 15.4. The van der Waals surface area contributed by atoms with E-state index in [9.17, 15) is 9.59 Å². The van der Waals surface area contributed by atoms with E-state index in [1.807, 2.05) is 32.9 Å². The fourth-order valence-electron chi connectivity index (χ4n) is 2.67. The first-order chi connectivity index (χ1) is 11.7. The summed E-state index contributed by atoms with van der Waals surface area (Å²) in [4.78, 5) is 29.3. The number of nitrogens with one attached hydrogen (secondary N) is 1. The van der Waals surface area contributed by atoms with Crippen LogP contribution in [0.2, 0.25) is 0 Å². The summed E-state index contributed by atoms with van der Waals surface area (Å²) in [7, 11) is 0. The molecular weight excluding hydrogens is 322 g/mol. The van der Waals surface area contributed by atoms with E-state index in [-0.39, 0.29) is 24.7 Å². The van der Waals surface area contributed by atoms with Crippen LogP contribution in [0.3, 0.4) is 0 Å². The van der Waals surface area contributed by atoms with Crippen molar-refractivity contribution >= 4 is 17.7 Å². The second-order valence-corrected chi connectivity index (χ2v) is 7.22. The highest BCUT2D eigenvalue weighted by molar-refractivity contribution is 5.68. The number of esters is 1. The summed E-state index contributed by atoms with van der Waals surface area (Å²) in [5, 5.41) is 2.94. The fourth-order valence-corrected chi connectivity index (χ4v) is 2.67. The number of rotatable bonds is 4. The molecule has 1 aliphatic heterocycles. The van der Waals surface area contributed by atoms with Gasteiger partial charge in [0.05, 0.1) is 17.6 Å². The molecule has 7 heteroatoms. The lowest BCUT2D eigenvalue weighted by atomic mass is 10.1. The lowest BCUT2D eigenvalue weighted by Crippen LogP contribution is -2.49. The number of piperidine rings is 1. The van der Waals surface area contributed by atoms with E-state index in [1.54, 1.807) is 6.20 Å². The molecule has 1 amide bonds. The largest absolute Gasteiger partial charge is 0.459 e. The first-order valence-corrected chi connectivity index (χ1v) is 8.56. The van der Waals surface area contributed by atoms with Crippen LogP contribution in [0.4, 0.5) is 10.5 Å².